The van der Waals surface area contributed by atoms with E-state index in [9.17, 15) is 10.1 Å². The highest BCUT2D eigenvalue weighted by molar-refractivity contribution is 6.30. The van der Waals surface area contributed by atoms with Crippen molar-refractivity contribution in [3.63, 3.8) is 0 Å². The topological polar surface area (TPSA) is 78.2 Å². The van der Waals surface area contributed by atoms with Crippen LogP contribution in [0.25, 0.3) is 11.1 Å². The molecular formula is C19H16ClN3O3. The Hall–Kier alpha value is -2.99. The molecule has 0 unspecified atom stereocenters. The molecule has 2 heterocycles. The van der Waals surface area contributed by atoms with Gasteiger partial charge in [-0.3, -0.25) is 4.98 Å². The standard InChI is InChI=1S/C19H16ClN3O3/c1-11-4-12(2)18(13(3)5-11)26-17-7-15(9-22-19(17)23(24)25)14-6-16(20)10-21-8-14/h4-10H,1-3H3. The van der Waals surface area contributed by atoms with E-state index in [1.165, 1.54) is 12.4 Å². The highest BCUT2D eigenvalue weighted by Gasteiger charge is 2.21. The summed E-state index contributed by atoms with van der Waals surface area (Å²) in [6.45, 7) is 5.79. The van der Waals surface area contributed by atoms with Gasteiger partial charge in [0, 0.05) is 29.6 Å². The fraction of sp³-hybridized carbons (Fsp3) is 0.158. The molecule has 0 aliphatic heterocycles. The number of pyridine rings is 2. The number of halogens is 1. The fourth-order valence-corrected chi connectivity index (χ4v) is 2.99. The molecule has 0 amide bonds. The summed E-state index contributed by atoms with van der Waals surface area (Å²) in [7, 11) is 0. The Kier molecular flexibility index (Phi) is 4.86. The molecule has 132 valence electrons. The predicted molar refractivity (Wildman–Crippen MR) is 99.9 cm³/mol. The van der Waals surface area contributed by atoms with Crippen LogP contribution in [-0.4, -0.2) is 14.9 Å². The first-order chi connectivity index (χ1) is 12.3. The molecule has 0 bridgehead atoms. The summed E-state index contributed by atoms with van der Waals surface area (Å²) in [6, 6.07) is 7.22. The minimum absolute atomic E-state index is 0.0718. The van der Waals surface area contributed by atoms with Gasteiger partial charge in [0.15, 0.2) is 0 Å². The maximum absolute atomic E-state index is 11.4. The van der Waals surface area contributed by atoms with Crippen molar-refractivity contribution in [2.45, 2.75) is 20.8 Å². The van der Waals surface area contributed by atoms with Gasteiger partial charge in [0.1, 0.15) is 11.9 Å². The lowest BCUT2D eigenvalue weighted by Crippen LogP contribution is -1.99. The van der Waals surface area contributed by atoms with Crippen molar-refractivity contribution in [1.29, 1.82) is 0 Å². The number of nitrogens with zero attached hydrogens (tertiary/aromatic N) is 3. The molecule has 26 heavy (non-hydrogen) atoms. The van der Waals surface area contributed by atoms with E-state index < -0.39 is 4.92 Å². The van der Waals surface area contributed by atoms with Crippen molar-refractivity contribution in [3.8, 4) is 22.6 Å². The summed E-state index contributed by atoms with van der Waals surface area (Å²) in [4.78, 5) is 18.8. The second-order valence-electron chi connectivity index (χ2n) is 6.02. The quantitative estimate of drug-likeness (QED) is 0.453. The van der Waals surface area contributed by atoms with E-state index in [0.717, 1.165) is 16.7 Å². The van der Waals surface area contributed by atoms with Gasteiger partial charge in [0.25, 0.3) is 0 Å². The van der Waals surface area contributed by atoms with E-state index in [2.05, 4.69) is 9.97 Å². The number of hydrogen-bond donors (Lipinski definition) is 0. The molecule has 2 aromatic heterocycles. The lowest BCUT2D eigenvalue weighted by atomic mass is 10.1. The summed E-state index contributed by atoms with van der Waals surface area (Å²) in [5, 5.41) is 11.8. The van der Waals surface area contributed by atoms with Gasteiger partial charge >= 0.3 is 5.82 Å². The van der Waals surface area contributed by atoms with Gasteiger partial charge in [0.05, 0.1) is 5.02 Å². The Balaban J connectivity index is 2.10. The molecule has 0 atom stereocenters. The van der Waals surface area contributed by atoms with Crippen LogP contribution in [0.5, 0.6) is 11.5 Å². The smallest absolute Gasteiger partial charge is 0.406 e. The third-order valence-electron chi connectivity index (χ3n) is 3.86. The van der Waals surface area contributed by atoms with Crippen molar-refractivity contribution in [2.24, 2.45) is 0 Å². The Morgan fingerprint density at radius 3 is 2.27 bits per heavy atom. The third kappa shape index (κ3) is 3.65. The first-order valence-electron chi connectivity index (χ1n) is 7.86. The molecule has 0 saturated carbocycles. The SMILES string of the molecule is Cc1cc(C)c(Oc2cc(-c3cncc(Cl)c3)cnc2[N+](=O)[O-])c(C)c1. The highest BCUT2D eigenvalue weighted by atomic mass is 35.5. The van der Waals surface area contributed by atoms with Crippen LogP contribution in [-0.2, 0) is 0 Å². The number of nitro groups is 1. The number of aromatic nitrogens is 2. The zero-order chi connectivity index (χ0) is 18.8. The Bertz CT molecular complexity index is 982. The Labute approximate surface area is 155 Å². The van der Waals surface area contributed by atoms with E-state index in [4.69, 9.17) is 16.3 Å². The van der Waals surface area contributed by atoms with E-state index >= 15 is 0 Å². The van der Waals surface area contributed by atoms with Gasteiger partial charge in [-0.1, -0.05) is 29.3 Å². The average molecular weight is 370 g/mol. The lowest BCUT2D eigenvalue weighted by molar-refractivity contribution is -0.390. The number of benzene rings is 1. The van der Waals surface area contributed by atoms with E-state index in [0.29, 0.717) is 21.9 Å². The molecular weight excluding hydrogens is 354 g/mol. The van der Waals surface area contributed by atoms with Gasteiger partial charge in [-0.05, 0) is 47.9 Å². The molecule has 0 radical (unpaired) electrons. The van der Waals surface area contributed by atoms with Gasteiger partial charge in [-0.15, -0.1) is 0 Å². The van der Waals surface area contributed by atoms with Crippen LogP contribution in [0.4, 0.5) is 5.82 Å². The van der Waals surface area contributed by atoms with Gasteiger partial charge < -0.3 is 14.9 Å². The summed E-state index contributed by atoms with van der Waals surface area (Å²) in [5.74, 6) is 0.313. The zero-order valence-corrected chi connectivity index (χ0v) is 15.2. The molecule has 0 aliphatic rings. The van der Waals surface area contributed by atoms with Crippen molar-refractivity contribution in [2.75, 3.05) is 0 Å². The van der Waals surface area contributed by atoms with Gasteiger partial charge in [-0.2, -0.15) is 0 Å². The minimum Gasteiger partial charge on any atom is -0.448 e. The van der Waals surface area contributed by atoms with Crippen LogP contribution < -0.4 is 4.74 Å². The second kappa shape index (κ2) is 7.09. The maximum Gasteiger partial charge on any atom is 0.406 e. The first kappa shape index (κ1) is 17.8. The van der Waals surface area contributed by atoms with Crippen molar-refractivity contribution < 1.29 is 9.66 Å². The summed E-state index contributed by atoms with van der Waals surface area (Å²) >= 11 is 5.98. The number of aryl methyl sites for hydroxylation is 3. The normalized spacial score (nSPS) is 10.6. The van der Waals surface area contributed by atoms with Gasteiger partial charge in [0.2, 0.25) is 5.75 Å². The van der Waals surface area contributed by atoms with Crippen LogP contribution in [0.2, 0.25) is 5.02 Å². The predicted octanol–water partition coefficient (Wildman–Crippen LogP) is 5.42. The molecule has 0 spiro atoms. The van der Waals surface area contributed by atoms with Crippen molar-refractivity contribution in [1.82, 2.24) is 9.97 Å². The van der Waals surface area contributed by atoms with Crippen LogP contribution in [0, 0.1) is 30.9 Å². The number of hydrogen-bond acceptors (Lipinski definition) is 5. The lowest BCUT2D eigenvalue weighted by Gasteiger charge is -2.13. The van der Waals surface area contributed by atoms with Crippen LogP contribution in [0.3, 0.4) is 0 Å². The molecule has 0 saturated heterocycles. The monoisotopic (exact) mass is 369 g/mol. The summed E-state index contributed by atoms with van der Waals surface area (Å²) < 4.78 is 5.92. The Morgan fingerprint density at radius 2 is 1.65 bits per heavy atom. The molecule has 1 aromatic carbocycles. The zero-order valence-electron chi connectivity index (χ0n) is 14.5. The highest BCUT2D eigenvalue weighted by Crippen LogP contribution is 2.36. The van der Waals surface area contributed by atoms with E-state index in [1.54, 1.807) is 18.3 Å². The van der Waals surface area contributed by atoms with E-state index in [-0.39, 0.29) is 11.6 Å². The van der Waals surface area contributed by atoms with Crippen molar-refractivity contribution in [3.05, 3.63) is 74.7 Å². The molecule has 3 aromatic rings. The molecule has 7 heteroatoms. The molecule has 6 nitrogen and oxygen atoms in total. The van der Waals surface area contributed by atoms with Crippen LogP contribution in [0.1, 0.15) is 16.7 Å². The molecule has 0 fully saturated rings. The number of ether oxygens (including phenoxy) is 1. The van der Waals surface area contributed by atoms with Crippen molar-refractivity contribution >= 4 is 17.4 Å². The van der Waals surface area contributed by atoms with Crippen LogP contribution >= 0.6 is 11.6 Å². The fourth-order valence-electron chi connectivity index (χ4n) is 2.81. The number of rotatable bonds is 4. The van der Waals surface area contributed by atoms with Crippen LogP contribution in [0.15, 0.2) is 42.9 Å². The average Bonchev–Trinajstić information content (AvgIpc) is 2.57. The Morgan fingerprint density at radius 1 is 1.00 bits per heavy atom. The first-order valence-corrected chi connectivity index (χ1v) is 8.24. The maximum atomic E-state index is 11.4. The largest absolute Gasteiger partial charge is 0.448 e. The molecule has 0 aliphatic carbocycles. The molecule has 3 rings (SSSR count). The third-order valence-corrected chi connectivity index (χ3v) is 4.07. The van der Waals surface area contributed by atoms with Gasteiger partial charge in [-0.25, -0.2) is 0 Å². The van der Waals surface area contributed by atoms with E-state index in [1.807, 2.05) is 32.9 Å². The molecule has 0 N–H and O–H groups in total. The summed E-state index contributed by atoms with van der Waals surface area (Å²) in [5.41, 5.74) is 4.21. The second-order valence-corrected chi connectivity index (χ2v) is 6.46. The minimum atomic E-state index is -0.561. The summed E-state index contributed by atoms with van der Waals surface area (Å²) in [6.07, 6.45) is 4.54.